The summed E-state index contributed by atoms with van der Waals surface area (Å²) in [5.41, 5.74) is 0.408. The van der Waals surface area contributed by atoms with Crippen LogP contribution in [0.1, 0.15) is 12.0 Å². The largest absolute Gasteiger partial charge is 0.269 e. The van der Waals surface area contributed by atoms with Gasteiger partial charge in [0.1, 0.15) is 0 Å². The Balaban J connectivity index is 2.67. The number of hydrogen-bond donors (Lipinski definition) is 1. The summed E-state index contributed by atoms with van der Waals surface area (Å²) in [6.45, 7) is 0.186. The molecule has 0 saturated carbocycles. The van der Waals surface area contributed by atoms with Crippen LogP contribution in [0.2, 0.25) is 0 Å². The minimum atomic E-state index is -3.46. The van der Waals surface area contributed by atoms with E-state index in [1.165, 1.54) is 24.3 Å². The molecule has 6 nitrogen and oxygen atoms in total. The second kappa shape index (κ2) is 6.14. The van der Waals surface area contributed by atoms with E-state index in [-0.39, 0.29) is 18.0 Å². The van der Waals surface area contributed by atoms with Crippen LogP contribution in [-0.4, -0.2) is 19.9 Å². The maximum absolute atomic E-state index is 11.6. The average Bonchev–Trinajstić information content (AvgIpc) is 2.29. The predicted octanol–water partition coefficient (Wildman–Crippen LogP) is 1.04. The van der Waals surface area contributed by atoms with Crippen LogP contribution in [0.15, 0.2) is 24.3 Å². The lowest BCUT2D eigenvalue weighted by Crippen LogP contribution is -2.25. The van der Waals surface area contributed by atoms with Crippen molar-refractivity contribution >= 4 is 15.7 Å². The molecule has 0 aromatic heterocycles. The highest BCUT2D eigenvalue weighted by molar-refractivity contribution is 7.88. The number of terminal acetylenes is 1. The number of nitro benzene ring substituents is 1. The molecule has 0 heterocycles. The van der Waals surface area contributed by atoms with Crippen LogP contribution in [0.4, 0.5) is 5.69 Å². The first-order valence-electron chi connectivity index (χ1n) is 5.09. The van der Waals surface area contributed by atoms with Gasteiger partial charge in [0.15, 0.2) is 0 Å². The van der Waals surface area contributed by atoms with Crippen molar-refractivity contribution in [2.75, 3.05) is 6.54 Å². The number of sulfonamides is 1. The Morgan fingerprint density at radius 3 is 2.44 bits per heavy atom. The van der Waals surface area contributed by atoms with Gasteiger partial charge in [-0.25, -0.2) is 13.1 Å². The lowest BCUT2D eigenvalue weighted by molar-refractivity contribution is -0.384. The molecule has 7 heteroatoms. The molecule has 1 aromatic carbocycles. The molecular weight excluding hydrogens is 256 g/mol. The van der Waals surface area contributed by atoms with Gasteiger partial charge in [-0.05, 0) is 5.56 Å². The molecule has 0 aliphatic heterocycles. The van der Waals surface area contributed by atoms with E-state index in [0.29, 0.717) is 12.0 Å². The van der Waals surface area contributed by atoms with Gasteiger partial charge in [-0.2, -0.15) is 0 Å². The van der Waals surface area contributed by atoms with Crippen molar-refractivity contribution in [2.24, 2.45) is 0 Å². The lowest BCUT2D eigenvalue weighted by atomic mass is 10.2. The minimum Gasteiger partial charge on any atom is -0.258 e. The average molecular weight is 268 g/mol. The molecule has 0 spiro atoms. The van der Waals surface area contributed by atoms with Crippen molar-refractivity contribution in [1.82, 2.24) is 4.72 Å². The number of nitrogens with one attached hydrogen (secondary N) is 1. The van der Waals surface area contributed by atoms with Crippen LogP contribution < -0.4 is 4.72 Å². The van der Waals surface area contributed by atoms with E-state index in [1.807, 2.05) is 0 Å². The zero-order valence-corrected chi connectivity index (χ0v) is 10.3. The summed E-state index contributed by atoms with van der Waals surface area (Å²) < 4.78 is 25.5. The van der Waals surface area contributed by atoms with Crippen LogP contribution in [0.5, 0.6) is 0 Å². The third kappa shape index (κ3) is 4.53. The van der Waals surface area contributed by atoms with Crippen molar-refractivity contribution in [2.45, 2.75) is 12.2 Å². The summed E-state index contributed by atoms with van der Waals surface area (Å²) in [5, 5.41) is 10.4. The number of hydrogen-bond acceptors (Lipinski definition) is 4. The fraction of sp³-hybridized carbons (Fsp3) is 0.273. The molecule has 0 fully saturated rings. The third-order valence-electron chi connectivity index (χ3n) is 2.10. The Kier molecular flexibility index (Phi) is 4.83. The van der Waals surface area contributed by atoms with Gasteiger partial charge in [-0.1, -0.05) is 12.1 Å². The van der Waals surface area contributed by atoms with Crippen molar-refractivity contribution in [1.29, 1.82) is 0 Å². The van der Waals surface area contributed by atoms with Crippen LogP contribution in [-0.2, 0) is 15.8 Å². The normalized spacial score (nSPS) is 10.8. The van der Waals surface area contributed by atoms with E-state index < -0.39 is 14.9 Å². The molecule has 1 N–H and O–H groups in total. The first kappa shape index (κ1) is 14.2. The van der Waals surface area contributed by atoms with Crippen molar-refractivity contribution < 1.29 is 13.3 Å². The van der Waals surface area contributed by atoms with E-state index in [9.17, 15) is 18.5 Å². The molecule has 96 valence electrons. The molecule has 0 radical (unpaired) electrons. The Labute approximate surface area is 105 Å². The SMILES string of the molecule is C#CCCNS(=O)(=O)Cc1ccc([N+](=O)[O-])cc1. The van der Waals surface area contributed by atoms with Crippen molar-refractivity contribution in [3.8, 4) is 12.3 Å². The number of non-ortho nitro benzene ring substituents is 1. The van der Waals surface area contributed by atoms with Crippen molar-refractivity contribution in [3.63, 3.8) is 0 Å². The number of benzene rings is 1. The molecule has 0 aliphatic rings. The highest BCUT2D eigenvalue weighted by atomic mass is 32.2. The highest BCUT2D eigenvalue weighted by Crippen LogP contribution is 2.13. The molecule has 1 aromatic rings. The maximum atomic E-state index is 11.6. The van der Waals surface area contributed by atoms with Gasteiger partial charge in [0, 0.05) is 25.1 Å². The first-order chi connectivity index (χ1) is 8.44. The molecule has 0 atom stereocenters. The summed E-state index contributed by atoms with van der Waals surface area (Å²) in [7, 11) is -3.46. The van der Waals surface area contributed by atoms with Gasteiger partial charge in [0.25, 0.3) is 5.69 Å². The Bertz CT molecular complexity index is 558. The topological polar surface area (TPSA) is 89.3 Å². The summed E-state index contributed by atoms with van der Waals surface area (Å²) >= 11 is 0. The van der Waals surface area contributed by atoms with Gasteiger partial charge < -0.3 is 0 Å². The van der Waals surface area contributed by atoms with Crippen LogP contribution in [0.3, 0.4) is 0 Å². The molecule has 0 bridgehead atoms. The summed E-state index contributed by atoms with van der Waals surface area (Å²) in [5.74, 6) is 2.10. The monoisotopic (exact) mass is 268 g/mol. The smallest absolute Gasteiger partial charge is 0.258 e. The second-order valence-electron chi connectivity index (χ2n) is 3.53. The van der Waals surface area contributed by atoms with Crippen LogP contribution in [0, 0.1) is 22.5 Å². The number of nitro groups is 1. The number of rotatable bonds is 6. The number of nitrogens with zero attached hydrogens (tertiary/aromatic N) is 1. The maximum Gasteiger partial charge on any atom is 0.269 e. The third-order valence-corrected chi connectivity index (χ3v) is 3.45. The molecule has 1 rings (SSSR count). The van der Waals surface area contributed by atoms with E-state index in [1.54, 1.807) is 0 Å². The van der Waals surface area contributed by atoms with Crippen LogP contribution >= 0.6 is 0 Å². The fourth-order valence-corrected chi connectivity index (χ4v) is 2.41. The quantitative estimate of drug-likeness (QED) is 0.361. The molecule has 0 amide bonds. The van der Waals surface area contributed by atoms with Crippen LogP contribution in [0.25, 0.3) is 0 Å². The van der Waals surface area contributed by atoms with Crippen molar-refractivity contribution in [3.05, 3.63) is 39.9 Å². The Morgan fingerprint density at radius 2 is 1.94 bits per heavy atom. The van der Waals surface area contributed by atoms with Gasteiger partial charge in [0.05, 0.1) is 10.7 Å². The summed E-state index contributed by atoms with van der Waals surface area (Å²) in [4.78, 5) is 9.89. The molecular formula is C11H12N2O4S. The molecule has 0 saturated heterocycles. The standard InChI is InChI=1S/C11H12N2O4S/c1-2-3-8-12-18(16,17)9-10-4-6-11(7-5-10)13(14)15/h1,4-7,12H,3,8-9H2. The van der Waals surface area contributed by atoms with Gasteiger partial charge in [-0.3, -0.25) is 10.1 Å². The van der Waals surface area contributed by atoms with Gasteiger partial charge in [-0.15, -0.1) is 12.3 Å². The molecule has 18 heavy (non-hydrogen) atoms. The summed E-state index contributed by atoms with van der Waals surface area (Å²) in [6.07, 6.45) is 5.33. The first-order valence-corrected chi connectivity index (χ1v) is 6.74. The van der Waals surface area contributed by atoms with E-state index in [0.717, 1.165) is 0 Å². The van der Waals surface area contributed by atoms with E-state index in [2.05, 4.69) is 10.6 Å². The Hall–Kier alpha value is -1.91. The zero-order valence-electron chi connectivity index (χ0n) is 9.50. The van der Waals surface area contributed by atoms with Gasteiger partial charge >= 0.3 is 0 Å². The minimum absolute atomic E-state index is 0.0727. The zero-order chi connectivity index (χ0) is 13.6. The predicted molar refractivity (Wildman–Crippen MR) is 67.2 cm³/mol. The fourth-order valence-electron chi connectivity index (χ4n) is 1.26. The lowest BCUT2D eigenvalue weighted by Gasteiger charge is -2.04. The molecule has 0 aliphatic carbocycles. The molecule has 0 unspecified atom stereocenters. The van der Waals surface area contributed by atoms with Gasteiger partial charge in [0.2, 0.25) is 10.0 Å². The summed E-state index contributed by atoms with van der Waals surface area (Å²) in [6, 6.07) is 5.37. The Morgan fingerprint density at radius 1 is 1.33 bits per heavy atom. The second-order valence-corrected chi connectivity index (χ2v) is 5.34. The van der Waals surface area contributed by atoms with E-state index in [4.69, 9.17) is 6.42 Å². The highest BCUT2D eigenvalue weighted by Gasteiger charge is 2.12. The van der Waals surface area contributed by atoms with E-state index >= 15 is 0 Å².